The Labute approximate surface area is 157 Å². The van der Waals surface area contributed by atoms with E-state index in [2.05, 4.69) is 10.3 Å². The van der Waals surface area contributed by atoms with Crippen LogP contribution in [0.1, 0.15) is 0 Å². The molecular formula is C17H16FN3O3S2. The van der Waals surface area contributed by atoms with Gasteiger partial charge in [-0.3, -0.25) is 14.2 Å². The topological polar surface area (TPSA) is 73.2 Å². The minimum atomic E-state index is -0.368. The largest absolute Gasteiger partial charge is 0.383 e. The van der Waals surface area contributed by atoms with Crippen molar-refractivity contribution in [2.24, 2.45) is 0 Å². The first kappa shape index (κ1) is 18.6. The number of hydrogen-bond donors (Lipinski definition) is 1. The van der Waals surface area contributed by atoms with Crippen LogP contribution in [0.25, 0.3) is 10.2 Å². The molecule has 0 spiro atoms. The highest BCUT2D eigenvalue weighted by molar-refractivity contribution is 7.99. The molecule has 3 rings (SSSR count). The highest BCUT2D eigenvalue weighted by Crippen LogP contribution is 2.21. The van der Waals surface area contributed by atoms with E-state index < -0.39 is 0 Å². The van der Waals surface area contributed by atoms with Gasteiger partial charge in [-0.05, 0) is 35.7 Å². The van der Waals surface area contributed by atoms with Crippen LogP contribution in [0.15, 0.2) is 45.7 Å². The molecule has 0 aliphatic carbocycles. The van der Waals surface area contributed by atoms with Crippen LogP contribution in [-0.2, 0) is 16.1 Å². The van der Waals surface area contributed by atoms with Crippen LogP contribution in [0.2, 0.25) is 0 Å². The Hall–Kier alpha value is -2.23. The van der Waals surface area contributed by atoms with Crippen molar-refractivity contribution < 1.29 is 13.9 Å². The molecule has 0 fully saturated rings. The van der Waals surface area contributed by atoms with Crippen molar-refractivity contribution in [2.45, 2.75) is 11.7 Å². The van der Waals surface area contributed by atoms with Crippen molar-refractivity contribution >= 4 is 44.9 Å². The van der Waals surface area contributed by atoms with Crippen molar-refractivity contribution in [1.29, 1.82) is 0 Å². The third-order valence-corrected chi connectivity index (χ3v) is 5.38. The van der Waals surface area contributed by atoms with Gasteiger partial charge < -0.3 is 10.1 Å². The summed E-state index contributed by atoms with van der Waals surface area (Å²) in [6.45, 7) is 0.728. The molecule has 0 atom stereocenters. The number of hydrogen-bond acceptors (Lipinski definition) is 6. The molecule has 1 N–H and O–H groups in total. The Bertz CT molecular complexity index is 970. The average Bonchev–Trinajstić information content (AvgIpc) is 3.10. The number of ether oxygens (including phenoxy) is 1. The number of halogens is 1. The average molecular weight is 393 g/mol. The molecule has 2 aromatic heterocycles. The molecule has 6 nitrogen and oxygen atoms in total. The molecule has 0 bridgehead atoms. The van der Waals surface area contributed by atoms with Crippen molar-refractivity contribution in [2.75, 3.05) is 24.8 Å². The van der Waals surface area contributed by atoms with E-state index >= 15 is 0 Å². The summed E-state index contributed by atoms with van der Waals surface area (Å²) >= 11 is 2.52. The molecule has 1 amide bonds. The summed E-state index contributed by atoms with van der Waals surface area (Å²) in [5, 5.41) is 4.96. The summed E-state index contributed by atoms with van der Waals surface area (Å²) in [6.07, 6.45) is 0. The van der Waals surface area contributed by atoms with Gasteiger partial charge in [0.25, 0.3) is 5.56 Å². The normalized spacial score (nSPS) is 11.0. The van der Waals surface area contributed by atoms with Crippen LogP contribution in [0.3, 0.4) is 0 Å². The van der Waals surface area contributed by atoms with Gasteiger partial charge in [-0.2, -0.15) is 0 Å². The summed E-state index contributed by atoms with van der Waals surface area (Å²) in [4.78, 5) is 29.2. The maximum absolute atomic E-state index is 12.9. The summed E-state index contributed by atoms with van der Waals surface area (Å²) in [5.74, 6) is -0.556. The Morgan fingerprint density at radius 1 is 1.35 bits per heavy atom. The molecule has 0 saturated carbocycles. The zero-order valence-corrected chi connectivity index (χ0v) is 15.5. The van der Waals surface area contributed by atoms with E-state index in [1.807, 2.05) is 5.38 Å². The number of thiophene rings is 1. The smallest absolute Gasteiger partial charge is 0.272 e. The van der Waals surface area contributed by atoms with E-state index in [0.717, 1.165) is 0 Å². The molecule has 0 saturated heterocycles. The maximum Gasteiger partial charge on any atom is 0.272 e. The van der Waals surface area contributed by atoms with Crippen molar-refractivity contribution in [3.63, 3.8) is 0 Å². The lowest BCUT2D eigenvalue weighted by Gasteiger charge is -2.11. The van der Waals surface area contributed by atoms with Gasteiger partial charge in [0.1, 0.15) is 10.5 Å². The summed E-state index contributed by atoms with van der Waals surface area (Å²) in [6, 6.07) is 7.31. The number of nitrogens with zero attached hydrogens (tertiary/aromatic N) is 2. The predicted molar refractivity (Wildman–Crippen MR) is 102 cm³/mol. The number of rotatable bonds is 7. The van der Waals surface area contributed by atoms with E-state index in [9.17, 15) is 14.0 Å². The minimum absolute atomic E-state index is 0.0758. The molecule has 9 heteroatoms. The van der Waals surface area contributed by atoms with Gasteiger partial charge in [-0.15, -0.1) is 11.3 Å². The van der Waals surface area contributed by atoms with Crippen LogP contribution in [0.4, 0.5) is 10.1 Å². The van der Waals surface area contributed by atoms with Crippen molar-refractivity contribution in [3.05, 3.63) is 51.9 Å². The molecule has 0 unspecified atom stereocenters. The van der Waals surface area contributed by atoms with Gasteiger partial charge in [-0.25, -0.2) is 9.37 Å². The second-order valence-electron chi connectivity index (χ2n) is 5.32. The van der Waals surface area contributed by atoms with E-state index in [1.54, 1.807) is 13.2 Å². The molecule has 2 heterocycles. The van der Waals surface area contributed by atoms with Crippen molar-refractivity contribution in [3.8, 4) is 0 Å². The summed E-state index contributed by atoms with van der Waals surface area (Å²) in [7, 11) is 1.56. The molecule has 0 aliphatic rings. The first-order chi connectivity index (χ1) is 12.6. The first-order valence-electron chi connectivity index (χ1n) is 7.73. The highest BCUT2D eigenvalue weighted by Gasteiger charge is 2.14. The number of fused-ring (bicyclic) bond motifs is 1. The minimum Gasteiger partial charge on any atom is -0.383 e. The molecule has 1 aromatic carbocycles. The summed E-state index contributed by atoms with van der Waals surface area (Å²) < 4.78 is 20.1. The van der Waals surface area contributed by atoms with Crippen molar-refractivity contribution in [1.82, 2.24) is 9.55 Å². The number of nitrogens with one attached hydrogen (secondary N) is 1. The maximum atomic E-state index is 12.9. The van der Waals surface area contributed by atoms with Gasteiger partial charge >= 0.3 is 0 Å². The van der Waals surface area contributed by atoms with E-state index in [-0.39, 0.29) is 23.0 Å². The van der Waals surface area contributed by atoms with Gasteiger partial charge in [0.05, 0.1) is 24.4 Å². The van der Waals surface area contributed by atoms with Crippen LogP contribution >= 0.6 is 23.1 Å². The fourth-order valence-electron chi connectivity index (χ4n) is 2.27. The zero-order valence-electron chi connectivity index (χ0n) is 13.9. The number of carbonyl (C=O) groups excluding carboxylic acids is 1. The number of amides is 1. The van der Waals surface area contributed by atoms with Crippen LogP contribution < -0.4 is 10.9 Å². The lowest BCUT2D eigenvalue weighted by molar-refractivity contribution is -0.113. The Kier molecular flexibility index (Phi) is 6.02. The molecule has 3 aromatic rings. The molecule has 0 radical (unpaired) electrons. The third kappa shape index (κ3) is 4.29. The number of carbonyl (C=O) groups is 1. The fraction of sp³-hybridized carbons (Fsp3) is 0.235. The lowest BCUT2D eigenvalue weighted by Crippen LogP contribution is -2.25. The summed E-state index contributed by atoms with van der Waals surface area (Å²) in [5.41, 5.74) is 0.994. The monoisotopic (exact) mass is 393 g/mol. The number of benzene rings is 1. The van der Waals surface area contributed by atoms with E-state index in [1.165, 1.54) is 51.9 Å². The van der Waals surface area contributed by atoms with E-state index in [0.29, 0.717) is 34.2 Å². The van der Waals surface area contributed by atoms with Crippen LogP contribution in [0, 0.1) is 5.82 Å². The Balaban J connectivity index is 1.75. The quantitative estimate of drug-likeness (QED) is 0.494. The van der Waals surface area contributed by atoms with Gasteiger partial charge in [0.15, 0.2) is 5.16 Å². The highest BCUT2D eigenvalue weighted by atomic mass is 32.2. The number of methoxy groups -OCH3 is 1. The molecule has 26 heavy (non-hydrogen) atoms. The SMILES string of the molecule is COCCn1c(SCC(=O)Nc2ccc(F)cc2)nc2ccsc2c1=O. The van der Waals surface area contributed by atoms with Crippen LogP contribution in [-0.4, -0.2) is 34.9 Å². The Morgan fingerprint density at radius 3 is 2.85 bits per heavy atom. The standard InChI is InChI=1S/C17H16FN3O3S2/c1-24-8-7-21-16(23)15-13(6-9-25-15)20-17(21)26-10-14(22)19-12-4-2-11(18)3-5-12/h2-6,9H,7-8,10H2,1H3,(H,19,22). The second kappa shape index (κ2) is 8.43. The number of thioether (sulfide) groups is 1. The molecule has 0 aliphatic heterocycles. The van der Waals surface area contributed by atoms with E-state index in [4.69, 9.17) is 4.74 Å². The van der Waals surface area contributed by atoms with Gasteiger partial charge in [0, 0.05) is 12.8 Å². The lowest BCUT2D eigenvalue weighted by atomic mass is 10.3. The third-order valence-electron chi connectivity index (χ3n) is 3.51. The van der Waals surface area contributed by atoms with Crippen LogP contribution in [0.5, 0.6) is 0 Å². The molecular weight excluding hydrogens is 377 g/mol. The fourth-order valence-corrected chi connectivity index (χ4v) is 3.88. The number of aromatic nitrogens is 2. The van der Waals surface area contributed by atoms with Gasteiger partial charge in [0.2, 0.25) is 5.91 Å². The molecule has 136 valence electrons. The zero-order chi connectivity index (χ0) is 18.5. The first-order valence-corrected chi connectivity index (χ1v) is 9.60. The predicted octanol–water partition coefficient (Wildman–Crippen LogP) is 2.97. The van der Waals surface area contributed by atoms with Gasteiger partial charge in [-0.1, -0.05) is 11.8 Å². The second-order valence-corrected chi connectivity index (χ2v) is 7.18. The Morgan fingerprint density at radius 2 is 2.12 bits per heavy atom. The number of anilines is 1.